The fraction of sp³-hybridized carbons (Fsp3) is 0. The third kappa shape index (κ3) is 1.40. The van der Waals surface area contributed by atoms with Crippen LogP contribution in [0, 0.1) is 0 Å². The molecule has 0 aliphatic heterocycles. The molecule has 1 rings (SSSR count). The molecular weight excluding hydrogens is 172 g/mol. The summed E-state index contributed by atoms with van der Waals surface area (Å²) in [7, 11) is 0. The van der Waals surface area contributed by atoms with Gasteiger partial charge in [-0.25, -0.2) is 0 Å². The summed E-state index contributed by atoms with van der Waals surface area (Å²) in [4.78, 5) is 7.22. The van der Waals surface area contributed by atoms with E-state index in [0.717, 1.165) is 0 Å². The summed E-state index contributed by atoms with van der Waals surface area (Å²) < 4.78 is 0. The van der Waals surface area contributed by atoms with Crippen LogP contribution in [-0.4, -0.2) is 4.98 Å². The summed E-state index contributed by atoms with van der Waals surface area (Å²) in [5, 5.41) is 0. The Morgan fingerprint density at radius 1 is 1.50 bits per heavy atom. The first kappa shape index (κ1) is 5.95. The molecular formula is C3H3AgN2. The Kier molecular flexibility index (Phi) is 3.13. The van der Waals surface area contributed by atoms with Crippen molar-refractivity contribution in [1.82, 2.24) is 9.97 Å². The molecule has 0 aliphatic rings. The Balaban J connectivity index is 0.000000250. The molecule has 1 aromatic rings. The van der Waals surface area contributed by atoms with Crippen molar-refractivity contribution in [1.29, 1.82) is 0 Å². The predicted octanol–water partition coefficient (Wildman–Crippen LogP) is 0.0363. The number of nitrogens with zero attached hydrogens (tertiary/aromatic N) is 2. The standard InChI is InChI=1S/C3H3N2.Ag/c1-2-5-3-4-1;/h1-3H;/q-1;+1. The van der Waals surface area contributed by atoms with Crippen molar-refractivity contribution in [3.63, 3.8) is 0 Å². The van der Waals surface area contributed by atoms with Gasteiger partial charge >= 0.3 is 22.4 Å². The van der Waals surface area contributed by atoms with Crippen LogP contribution in [0.1, 0.15) is 0 Å². The van der Waals surface area contributed by atoms with Crippen LogP contribution in [0.2, 0.25) is 0 Å². The Bertz CT molecular complexity index is 65.3. The molecule has 0 fully saturated rings. The van der Waals surface area contributed by atoms with Gasteiger partial charge in [0, 0.05) is 0 Å². The number of imidazole rings is 1. The molecule has 1 aromatic heterocycles. The van der Waals surface area contributed by atoms with E-state index in [4.69, 9.17) is 0 Å². The zero-order chi connectivity index (χ0) is 3.54. The van der Waals surface area contributed by atoms with Crippen molar-refractivity contribution in [3.8, 4) is 0 Å². The molecule has 2 nitrogen and oxygen atoms in total. The van der Waals surface area contributed by atoms with Gasteiger partial charge in [-0.3, -0.25) is 0 Å². The molecule has 0 saturated carbocycles. The summed E-state index contributed by atoms with van der Waals surface area (Å²) >= 11 is 0. The van der Waals surface area contributed by atoms with Crippen molar-refractivity contribution < 1.29 is 22.4 Å². The number of hydrogen-bond acceptors (Lipinski definition) is 1. The maximum Gasteiger partial charge on any atom is 1.00 e. The van der Waals surface area contributed by atoms with Crippen LogP contribution < -0.4 is 4.98 Å². The zero-order valence-corrected chi connectivity index (χ0v) is 4.41. The Labute approximate surface area is 51.5 Å². The molecule has 0 amide bonds. The Morgan fingerprint density at radius 2 is 2.33 bits per heavy atom. The molecule has 0 spiro atoms. The summed E-state index contributed by atoms with van der Waals surface area (Å²) in [6, 6.07) is 0. The van der Waals surface area contributed by atoms with Gasteiger partial charge in [0.1, 0.15) is 0 Å². The molecule has 0 atom stereocenters. The number of aromatic nitrogens is 2. The van der Waals surface area contributed by atoms with Crippen molar-refractivity contribution in [2.24, 2.45) is 0 Å². The third-order valence-corrected chi connectivity index (χ3v) is 0.372. The second-order valence-corrected chi connectivity index (χ2v) is 0.712. The van der Waals surface area contributed by atoms with Gasteiger partial charge in [0.05, 0.1) is 0 Å². The second kappa shape index (κ2) is 3.15. The molecule has 0 unspecified atom stereocenters. The van der Waals surface area contributed by atoms with Crippen LogP contribution in [0.3, 0.4) is 0 Å². The first-order valence-electron chi connectivity index (χ1n) is 1.37. The SMILES string of the molecule is [Ag+].c1c[n-]cn1. The number of rotatable bonds is 0. The van der Waals surface area contributed by atoms with Crippen LogP contribution in [0.5, 0.6) is 0 Å². The van der Waals surface area contributed by atoms with E-state index in [1.54, 1.807) is 12.4 Å². The van der Waals surface area contributed by atoms with Crippen LogP contribution in [0.4, 0.5) is 0 Å². The number of hydrogen-bond donors (Lipinski definition) is 0. The Hall–Kier alpha value is -0.0497. The quantitative estimate of drug-likeness (QED) is 0.520. The van der Waals surface area contributed by atoms with Crippen molar-refractivity contribution >= 4 is 0 Å². The third-order valence-electron chi connectivity index (χ3n) is 0.372. The molecule has 0 radical (unpaired) electrons. The van der Waals surface area contributed by atoms with Crippen molar-refractivity contribution in [2.75, 3.05) is 0 Å². The summed E-state index contributed by atoms with van der Waals surface area (Å²) in [5.41, 5.74) is 0. The van der Waals surface area contributed by atoms with Crippen molar-refractivity contribution in [3.05, 3.63) is 18.7 Å². The van der Waals surface area contributed by atoms with E-state index in [2.05, 4.69) is 9.97 Å². The molecule has 0 aromatic carbocycles. The second-order valence-electron chi connectivity index (χ2n) is 0.712. The normalized spacial score (nSPS) is 6.67. The summed E-state index contributed by atoms with van der Waals surface area (Å²) in [6.07, 6.45) is 4.78. The topological polar surface area (TPSA) is 27.0 Å². The van der Waals surface area contributed by atoms with Crippen LogP contribution in [0.15, 0.2) is 18.7 Å². The molecule has 0 aliphatic carbocycles. The minimum atomic E-state index is 0. The van der Waals surface area contributed by atoms with E-state index in [-0.39, 0.29) is 22.4 Å². The van der Waals surface area contributed by atoms with E-state index in [1.165, 1.54) is 6.33 Å². The molecule has 3 heteroatoms. The van der Waals surface area contributed by atoms with E-state index < -0.39 is 0 Å². The minimum Gasteiger partial charge on any atom is -0.450 e. The van der Waals surface area contributed by atoms with Gasteiger partial charge in [-0.1, -0.05) is 18.7 Å². The molecule has 0 saturated heterocycles. The smallest absolute Gasteiger partial charge is 0.450 e. The fourth-order valence-electron chi connectivity index (χ4n) is 0.192. The fourth-order valence-corrected chi connectivity index (χ4v) is 0.192. The zero-order valence-electron chi connectivity index (χ0n) is 2.93. The maximum atomic E-state index is 3.61. The van der Waals surface area contributed by atoms with Crippen LogP contribution in [-0.2, 0) is 22.4 Å². The van der Waals surface area contributed by atoms with Gasteiger partial charge in [-0.2, -0.15) is 0 Å². The summed E-state index contributed by atoms with van der Waals surface area (Å²) in [6.45, 7) is 0. The first-order chi connectivity index (χ1) is 2.50. The molecule has 6 heavy (non-hydrogen) atoms. The van der Waals surface area contributed by atoms with E-state index >= 15 is 0 Å². The van der Waals surface area contributed by atoms with Crippen LogP contribution >= 0.6 is 0 Å². The van der Waals surface area contributed by atoms with E-state index in [0.29, 0.717) is 0 Å². The van der Waals surface area contributed by atoms with Gasteiger partial charge in [0.15, 0.2) is 0 Å². The van der Waals surface area contributed by atoms with Gasteiger partial charge in [-0.15, -0.1) is 0 Å². The molecule has 36 valence electrons. The van der Waals surface area contributed by atoms with Crippen molar-refractivity contribution in [2.45, 2.75) is 0 Å². The Morgan fingerprint density at radius 3 is 2.50 bits per heavy atom. The predicted molar refractivity (Wildman–Crippen MR) is 17.6 cm³/mol. The monoisotopic (exact) mass is 174 g/mol. The molecule has 0 N–H and O–H groups in total. The molecule has 1 heterocycles. The maximum absolute atomic E-state index is 3.61. The van der Waals surface area contributed by atoms with E-state index in [1.807, 2.05) is 0 Å². The van der Waals surface area contributed by atoms with Crippen LogP contribution in [0.25, 0.3) is 0 Å². The van der Waals surface area contributed by atoms with Gasteiger partial charge < -0.3 is 9.97 Å². The average Bonchev–Trinajstić information content (AvgIpc) is 1.76. The van der Waals surface area contributed by atoms with Gasteiger partial charge in [-0.05, 0) is 0 Å². The molecule has 0 bridgehead atoms. The largest absolute Gasteiger partial charge is 1.00 e. The van der Waals surface area contributed by atoms with Gasteiger partial charge in [0.2, 0.25) is 0 Å². The van der Waals surface area contributed by atoms with Gasteiger partial charge in [0.25, 0.3) is 0 Å². The first-order valence-corrected chi connectivity index (χ1v) is 1.37. The minimum absolute atomic E-state index is 0. The summed E-state index contributed by atoms with van der Waals surface area (Å²) in [5.74, 6) is 0. The average molecular weight is 175 g/mol. The van der Waals surface area contributed by atoms with E-state index in [9.17, 15) is 0 Å².